The fourth-order valence-electron chi connectivity index (χ4n) is 2.37. The number of rotatable bonds is 4. The van der Waals surface area contributed by atoms with E-state index in [1.54, 1.807) is 0 Å². The van der Waals surface area contributed by atoms with E-state index >= 15 is 0 Å². The number of ether oxygens (including phenoxy) is 1. The van der Waals surface area contributed by atoms with Crippen molar-refractivity contribution in [3.8, 4) is 5.75 Å². The first-order valence-corrected chi connectivity index (χ1v) is 7.10. The Hall–Kier alpha value is -1.59. The molecule has 0 bridgehead atoms. The molecule has 2 rings (SSSR count). The van der Waals surface area contributed by atoms with Gasteiger partial charge in [0.15, 0.2) is 6.61 Å². The largest absolute Gasteiger partial charge is 0.484 e. The smallest absolute Gasteiger partial charge is 0.272 e. The van der Waals surface area contributed by atoms with Crippen molar-refractivity contribution in [1.29, 1.82) is 0 Å². The number of nitrogens with one attached hydrogen (secondary N) is 2. The van der Waals surface area contributed by atoms with Crippen LogP contribution in [-0.2, 0) is 4.79 Å². The standard InChI is InChI=1S/C15H23N3O2/c1-12-8-13(2)10-14(9-12)20-11-15(19)16-18-6-4-17(3)5-7-18/h8-10H,4-7,11H2,1-3H3,(H,16,19)/p+1. The van der Waals surface area contributed by atoms with Crippen molar-refractivity contribution in [3.05, 3.63) is 29.3 Å². The molecule has 0 spiro atoms. The highest BCUT2D eigenvalue weighted by Gasteiger charge is 2.18. The van der Waals surface area contributed by atoms with Crippen LogP contribution in [0.3, 0.4) is 0 Å². The minimum atomic E-state index is -0.0938. The van der Waals surface area contributed by atoms with Gasteiger partial charge in [0.1, 0.15) is 5.75 Å². The summed E-state index contributed by atoms with van der Waals surface area (Å²) in [6.07, 6.45) is 0. The van der Waals surface area contributed by atoms with Gasteiger partial charge in [0.25, 0.3) is 5.91 Å². The third-order valence-electron chi connectivity index (χ3n) is 3.46. The molecule has 0 aliphatic carbocycles. The van der Waals surface area contributed by atoms with Crippen LogP contribution in [0.4, 0.5) is 0 Å². The zero-order valence-electron chi connectivity index (χ0n) is 12.5. The second-order valence-electron chi connectivity index (χ2n) is 5.59. The maximum Gasteiger partial charge on any atom is 0.272 e. The highest BCUT2D eigenvalue weighted by molar-refractivity contribution is 5.77. The molecule has 5 nitrogen and oxygen atoms in total. The van der Waals surface area contributed by atoms with Crippen LogP contribution < -0.4 is 15.1 Å². The summed E-state index contributed by atoms with van der Waals surface area (Å²) in [5.74, 6) is 0.657. The Kier molecular flexibility index (Phi) is 4.98. The minimum Gasteiger partial charge on any atom is -0.484 e. The van der Waals surface area contributed by atoms with Crippen LogP contribution >= 0.6 is 0 Å². The molecule has 0 unspecified atom stereocenters. The number of benzene rings is 1. The first-order valence-electron chi connectivity index (χ1n) is 7.10. The Labute approximate surface area is 120 Å². The summed E-state index contributed by atoms with van der Waals surface area (Å²) in [4.78, 5) is 13.4. The predicted molar refractivity (Wildman–Crippen MR) is 77.7 cm³/mol. The number of hydrazine groups is 1. The van der Waals surface area contributed by atoms with Gasteiger partial charge in [-0.15, -0.1) is 0 Å². The lowest BCUT2D eigenvalue weighted by molar-refractivity contribution is -0.884. The number of aryl methyl sites for hydroxylation is 2. The van der Waals surface area contributed by atoms with Crippen molar-refractivity contribution >= 4 is 5.91 Å². The van der Waals surface area contributed by atoms with Gasteiger partial charge >= 0.3 is 0 Å². The van der Waals surface area contributed by atoms with Gasteiger partial charge in [-0.3, -0.25) is 10.2 Å². The SMILES string of the molecule is Cc1cc(C)cc(OCC(=O)NN2CC[NH+](C)CC2)c1. The van der Waals surface area contributed by atoms with Crippen molar-refractivity contribution in [2.24, 2.45) is 0 Å². The zero-order chi connectivity index (χ0) is 14.5. The fraction of sp³-hybridized carbons (Fsp3) is 0.533. The van der Waals surface area contributed by atoms with Crippen LogP contribution in [-0.4, -0.2) is 50.7 Å². The number of carbonyl (C=O) groups is 1. The Morgan fingerprint density at radius 2 is 1.85 bits per heavy atom. The molecule has 20 heavy (non-hydrogen) atoms. The third-order valence-corrected chi connectivity index (χ3v) is 3.46. The lowest BCUT2D eigenvalue weighted by atomic mass is 10.1. The van der Waals surface area contributed by atoms with Crippen molar-refractivity contribution in [2.75, 3.05) is 39.8 Å². The Morgan fingerprint density at radius 1 is 1.25 bits per heavy atom. The number of carbonyl (C=O) groups excluding carboxylic acids is 1. The van der Waals surface area contributed by atoms with E-state index in [4.69, 9.17) is 4.74 Å². The molecule has 0 aromatic heterocycles. The molecule has 5 heteroatoms. The van der Waals surface area contributed by atoms with Crippen molar-refractivity contribution in [2.45, 2.75) is 13.8 Å². The molecule has 1 heterocycles. The predicted octanol–water partition coefficient (Wildman–Crippen LogP) is -0.456. The Bertz CT molecular complexity index is 448. The van der Waals surface area contributed by atoms with Crippen molar-refractivity contribution < 1.29 is 14.4 Å². The molecule has 110 valence electrons. The van der Waals surface area contributed by atoms with Gasteiger partial charge in [0.05, 0.1) is 33.2 Å². The van der Waals surface area contributed by atoms with Crippen LogP contribution in [0, 0.1) is 13.8 Å². The van der Waals surface area contributed by atoms with Crippen LogP contribution in [0.15, 0.2) is 18.2 Å². The van der Waals surface area contributed by atoms with Gasteiger partial charge in [0.2, 0.25) is 0 Å². The van der Waals surface area contributed by atoms with Gasteiger partial charge in [-0.2, -0.15) is 0 Å². The van der Waals surface area contributed by atoms with E-state index in [-0.39, 0.29) is 12.5 Å². The number of amides is 1. The number of quaternary nitrogens is 1. The van der Waals surface area contributed by atoms with Crippen LogP contribution in [0.5, 0.6) is 5.75 Å². The molecule has 0 atom stereocenters. The maximum atomic E-state index is 11.9. The summed E-state index contributed by atoms with van der Waals surface area (Å²) >= 11 is 0. The second-order valence-corrected chi connectivity index (χ2v) is 5.59. The summed E-state index contributed by atoms with van der Waals surface area (Å²) in [5, 5.41) is 1.97. The van der Waals surface area contributed by atoms with Crippen molar-refractivity contribution in [1.82, 2.24) is 10.4 Å². The number of nitrogens with zero attached hydrogens (tertiary/aromatic N) is 1. The van der Waals surface area contributed by atoms with Gasteiger partial charge in [-0.1, -0.05) is 6.07 Å². The minimum absolute atomic E-state index is 0.0576. The molecule has 1 saturated heterocycles. The second kappa shape index (κ2) is 6.72. The number of hydrogen-bond acceptors (Lipinski definition) is 3. The van der Waals surface area contributed by atoms with E-state index in [0.29, 0.717) is 0 Å². The average Bonchev–Trinajstić information content (AvgIpc) is 2.38. The Balaban J connectivity index is 1.77. The molecule has 1 aromatic rings. The number of likely N-dealkylation sites (N-methyl/N-ethyl adjacent to an activating group) is 1. The first-order chi connectivity index (χ1) is 9.52. The van der Waals surface area contributed by atoms with E-state index in [1.165, 1.54) is 4.90 Å². The van der Waals surface area contributed by atoms with E-state index in [9.17, 15) is 4.79 Å². The summed E-state index contributed by atoms with van der Waals surface area (Å²) in [6, 6.07) is 5.97. The van der Waals surface area contributed by atoms with Gasteiger partial charge in [-0.05, 0) is 37.1 Å². The topological polar surface area (TPSA) is 46.0 Å². The maximum absolute atomic E-state index is 11.9. The van der Waals surface area contributed by atoms with Crippen LogP contribution in [0.25, 0.3) is 0 Å². The molecule has 1 aliphatic heterocycles. The quantitative estimate of drug-likeness (QED) is 0.784. The average molecular weight is 278 g/mol. The summed E-state index contributed by atoms with van der Waals surface area (Å²) in [6.45, 7) is 7.99. The normalized spacial score (nSPS) is 16.9. The Morgan fingerprint density at radius 3 is 2.45 bits per heavy atom. The number of piperazine rings is 1. The molecule has 1 fully saturated rings. The van der Waals surface area contributed by atoms with Gasteiger partial charge in [0, 0.05) is 0 Å². The van der Waals surface area contributed by atoms with E-state index in [2.05, 4.69) is 18.5 Å². The third kappa shape index (κ3) is 4.51. The monoisotopic (exact) mass is 278 g/mol. The fourth-order valence-corrected chi connectivity index (χ4v) is 2.37. The summed E-state index contributed by atoms with van der Waals surface area (Å²) < 4.78 is 5.55. The zero-order valence-corrected chi connectivity index (χ0v) is 12.5. The van der Waals surface area contributed by atoms with Gasteiger partial charge < -0.3 is 9.64 Å². The molecule has 1 amide bonds. The highest BCUT2D eigenvalue weighted by Crippen LogP contribution is 2.15. The molecule has 1 aliphatic rings. The summed E-state index contributed by atoms with van der Waals surface area (Å²) in [5.41, 5.74) is 5.18. The first kappa shape index (κ1) is 14.8. The van der Waals surface area contributed by atoms with Crippen molar-refractivity contribution in [3.63, 3.8) is 0 Å². The molecule has 2 N–H and O–H groups in total. The van der Waals surface area contributed by atoms with E-state index in [0.717, 1.165) is 43.1 Å². The molecule has 0 saturated carbocycles. The van der Waals surface area contributed by atoms with E-state index in [1.807, 2.05) is 31.0 Å². The molecule has 0 radical (unpaired) electrons. The molecular weight excluding hydrogens is 254 g/mol. The molecule has 1 aromatic carbocycles. The molecular formula is C15H24N3O2+. The van der Waals surface area contributed by atoms with Gasteiger partial charge in [-0.25, -0.2) is 5.01 Å². The summed E-state index contributed by atoms with van der Waals surface area (Å²) in [7, 11) is 2.17. The van der Waals surface area contributed by atoms with Crippen LogP contribution in [0.2, 0.25) is 0 Å². The van der Waals surface area contributed by atoms with Crippen LogP contribution in [0.1, 0.15) is 11.1 Å². The highest BCUT2D eigenvalue weighted by atomic mass is 16.5. The lowest BCUT2D eigenvalue weighted by Crippen LogP contribution is -3.12. The number of hydrogen-bond donors (Lipinski definition) is 2. The lowest BCUT2D eigenvalue weighted by Gasteiger charge is -2.30. The van der Waals surface area contributed by atoms with E-state index < -0.39 is 0 Å².